The first-order valence-corrected chi connectivity index (χ1v) is 3.30. The zero-order valence-electron chi connectivity index (χ0n) is 5.09. The maximum Gasteiger partial charge on any atom is 0.0946 e. The second-order valence-corrected chi connectivity index (χ2v) is 2.52. The Morgan fingerprint density at radius 2 is 2.56 bits per heavy atom. The Morgan fingerprint density at radius 1 is 1.78 bits per heavy atom. The van der Waals surface area contributed by atoms with Gasteiger partial charge in [-0.2, -0.15) is 0 Å². The molecule has 0 aliphatic carbocycles. The molecule has 0 spiro atoms. The van der Waals surface area contributed by atoms with Crippen LogP contribution in [0.25, 0.3) is 0 Å². The zero-order chi connectivity index (χ0) is 6.69. The fourth-order valence-electron chi connectivity index (χ4n) is 0.794. The van der Waals surface area contributed by atoms with Crippen molar-refractivity contribution in [2.45, 2.75) is 6.10 Å². The summed E-state index contributed by atoms with van der Waals surface area (Å²) in [6.07, 6.45) is -0.0868. The summed E-state index contributed by atoms with van der Waals surface area (Å²) in [5.74, 6) is 0. The molecule has 0 aromatic heterocycles. The average Bonchev–Trinajstić information content (AvgIpc) is 1.88. The van der Waals surface area contributed by atoms with Gasteiger partial charge in [0.2, 0.25) is 0 Å². The molecule has 1 heterocycles. The van der Waals surface area contributed by atoms with E-state index in [1.165, 1.54) is 0 Å². The van der Waals surface area contributed by atoms with E-state index in [0.717, 1.165) is 6.54 Å². The lowest BCUT2D eigenvalue weighted by molar-refractivity contribution is -0.0301. The van der Waals surface area contributed by atoms with Gasteiger partial charge in [0.1, 0.15) is 0 Å². The fraction of sp³-hybridized carbons (Fsp3) is 1.00. The minimum absolute atomic E-state index is 0.0588. The molecular formula is C5H10ClNO2. The highest BCUT2D eigenvalue weighted by molar-refractivity contribution is 6.13. The minimum atomic E-state index is -0.0868. The summed E-state index contributed by atoms with van der Waals surface area (Å²) < 4.78 is 6.75. The van der Waals surface area contributed by atoms with Crippen molar-refractivity contribution in [1.29, 1.82) is 0 Å². The number of ether oxygens (including phenoxy) is 1. The van der Waals surface area contributed by atoms with Crippen LogP contribution in [0.2, 0.25) is 0 Å². The molecular weight excluding hydrogens is 142 g/mol. The number of aliphatic hydroxyl groups is 1. The van der Waals surface area contributed by atoms with Crippen LogP contribution in [0.15, 0.2) is 0 Å². The van der Waals surface area contributed by atoms with Crippen molar-refractivity contribution in [3.05, 3.63) is 0 Å². The molecule has 4 heteroatoms. The van der Waals surface area contributed by atoms with Crippen LogP contribution in [0, 0.1) is 0 Å². The molecule has 1 rings (SSSR count). The quantitative estimate of drug-likeness (QED) is 0.529. The SMILES string of the molecule is OCC1CN(Cl)CCO1. The van der Waals surface area contributed by atoms with Gasteiger partial charge in [-0.25, -0.2) is 4.42 Å². The topological polar surface area (TPSA) is 32.7 Å². The van der Waals surface area contributed by atoms with Crippen molar-refractivity contribution in [2.24, 2.45) is 0 Å². The van der Waals surface area contributed by atoms with Crippen LogP contribution in [0.5, 0.6) is 0 Å². The van der Waals surface area contributed by atoms with E-state index in [1.807, 2.05) is 0 Å². The predicted octanol–water partition coefficient (Wildman–Crippen LogP) is -0.167. The number of halogens is 1. The molecule has 1 atom stereocenters. The van der Waals surface area contributed by atoms with Crippen molar-refractivity contribution >= 4 is 11.8 Å². The van der Waals surface area contributed by atoms with Gasteiger partial charge in [-0.05, 0) is 11.8 Å². The molecule has 1 unspecified atom stereocenters. The Hall–Kier alpha value is 0.170. The van der Waals surface area contributed by atoms with E-state index in [2.05, 4.69) is 0 Å². The Bertz CT molecular complexity index is 91.0. The Morgan fingerprint density at radius 3 is 3.00 bits per heavy atom. The normalized spacial score (nSPS) is 30.7. The summed E-state index contributed by atoms with van der Waals surface area (Å²) in [4.78, 5) is 0. The Kier molecular flexibility index (Phi) is 2.72. The van der Waals surface area contributed by atoms with Crippen LogP contribution in [-0.2, 0) is 4.74 Å². The van der Waals surface area contributed by atoms with Crippen molar-refractivity contribution in [2.75, 3.05) is 26.3 Å². The van der Waals surface area contributed by atoms with Crippen LogP contribution in [-0.4, -0.2) is 41.9 Å². The summed E-state index contributed by atoms with van der Waals surface area (Å²) in [7, 11) is 0. The Labute approximate surface area is 59.3 Å². The lowest BCUT2D eigenvalue weighted by Gasteiger charge is -2.26. The summed E-state index contributed by atoms with van der Waals surface area (Å²) >= 11 is 5.63. The van der Waals surface area contributed by atoms with Gasteiger partial charge in [-0.15, -0.1) is 0 Å². The molecule has 54 valence electrons. The third kappa shape index (κ3) is 2.10. The van der Waals surface area contributed by atoms with Gasteiger partial charge in [-0.3, -0.25) is 0 Å². The maximum atomic E-state index is 8.60. The van der Waals surface area contributed by atoms with E-state index in [1.54, 1.807) is 4.42 Å². The molecule has 1 fully saturated rings. The van der Waals surface area contributed by atoms with Crippen molar-refractivity contribution in [3.63, 3.8) is 0 Å². The van der Waals surface area contributed by atoms with Crippen molar-refractivity contribution in [1.82, 2.24) is 4.42 Å². The average molecular weight is 152 g/mol. The second kappa shape index (κ2) is 3.37. The van der Waals surface area contributed by atoms with Gasteiger partial charge in [0.15, 0.2) is 0 Å². The number of hydrogen-bond acceptors (Lipinski definition) is 3. The second-order valence-electron chi connectivity index (χ2n) is 2.04. The van der Waals surface area contributed by atoms with Crippen LogP contribution < -0.4 is 0 Å². The smallest absolute Gasteiger partial charge is 0.0946 e. The van der Waals surface area contributed by atoms with E-state index < -0.39 is 0 Å². The molecule has 0 bridgehead atoms. The van der Waals surface area contributed by atoms with Crippen LogP contribution in [0.1, 0.15) is 0 Å². The third-order valence-corrected chi connectivity index (χ3v) is 1.60. The first-order chi connectivity index (χ1) is 4.33. The summed E-state index contributed by atoms with van der Waals surface area (Å²) in [5.41, 5.74) is 0. The van der Waals surface area contributed by atoms with Gasteiger partial charge in [0, 0.05) is 13.1 Å². The number of nitrogens with zero attached hydrogens (tertiary/aromatic N) is 1. The summed E-state index contributed by atoms with van der Waals surface area (Å²) in [6, 6.07) is 0. The van der Waals surface area contributed by atoms with Gasteiger partial charge in [0.25, 0.3) is 0 Å². The lowest BCUT2D eigenvalue weighted by Crippen LogP contribution is -2.39. The number of morpholine rings is 1. The van der Waals surface area contributed by atoms with Crippen LogP contribution >= 0.6 is 11.8 Å². The maximum absolute atomic E-state index is 8.60. The van der Waals surface area contributed by atoms with Gasteiger partial charge < -0.3 is 9.84 Å². The molecule has 0 aromatic carbocycles. The standard InChI is InChI=1S/C5H10ClNO2/c6-7-1-2-9-5(3-7)4-8/h5,8H,1-4H2. The number of rotatable bonds is 1. The highest BCUT2D eigenvalue weighted by Gasteiger charge is 2.17. The van der Waals surface area contributed by atoms with Crippen LogP contribution in [0.4, 0.5) is 0 Å². The minimum Gasteiger partial charge on any atom is -0.394 e. The molecule has 1 N–H and O–H groups in total. The van der Waals surface area contributed by atoms with Gasteiger partial charge in [-0.1, -0.05) is 0 Å². The van der Waals surface area contributed by atoms with E-state index in [0.29, 0.717) is 13.2 Å². The van der Waals surface area contributed by atoms with Gasteiger partial charge >= 0.3 is 0 Å². The summed E-state index contributed by atoms with van der Waals surface area (Å²) in [5, 5.41) is 8.60. The Balaban J connectivity index is 2.23. The lowest BCUT2D eigenvalue weighted by atomic mass is 10.3. The fourth-order valence-corrected chi connectivity index (χ4v) is 1.02. The van der Waals surface area contributed by atoms with Crippen molar-refractivity contribution < 1.29 is 9.84 Å². The number of aliphatic hydroxyl groups excluding tert-OH is 1. The van der Waals surface area contributed by atoms with E-state index >= 15 is 0 Å². The highest BCUT2D eigenvalue weighted by Crippen LogP contribution is 2.05. The first kappa shape index (κ1) is 7.28. The molecule has 0 aromatic rings. The van der Waals surface area contributed by atoms with Gasteiger partial charge in [0.05, 0.1) is 19.3 Å². The summed E-state index contributed by atoms with van der Waals surface area (Å²) in [6.45, 7) is 2.05. The molecule has 1 aliphatic rings. The molecule has 0 amide bonds. The first-order valence-electron chi connectivity index (χ1n) is 2.96. The number of hydrogen-bond donors (Lipinski definition) is 1. The van der Waals surface area contributed by atoms with E-state index in [9.17, 15) is 0 Å². The molecule has 0 saturated carbocycles. The van der Waals surface area contributed by atoms with Crippen LogP contribution in [0.3, 0.4) is 0 Å². The van der Waals surface area contributed by atoms with E-state index in [4.69, 9.17) is 21.6 Å². The molecule has 1 saturated heterocycles. The van der Waals surface area contributed by atoms with E-state index in [-0.39, 0.29) is 12.7 Å². The predicted molar refractivity (Wildman–Crippen MR) is 34.3 cm³/mol. The monoisotopic (exact) mass is 151 g/mol. The highest BCUT2D eigenvalue weighted by atomic mass is 35.5. The van der Waals surface area contributed by atoms with Crippen molar-refractivity contribution in [3.8, 4) is 0 Å². The molecule has 1 aliphatic heterocycles. The molecule has 9 heavy (non-hydrogen) atoms. The third-order valence-electron chi connectivity index (χ3n) is 1.29. The largest absolute Gasteiger partial charge is 0.394 e. The molecule has 0 radical (unpaired) electrons. The molecule has 3 nitrogen and oxygen atoms in total. The zero-order valence-corrected chi connectivity index (χ0v) is 5.84.